The number of aliphatic hydroxyl groups is 1. The summed E-state index contributed by atoms with van der Waals surface area (Å²) in [5.74, 6) is 0. The van der Waals surface area contributed by atoms with Gasteiger partial charge in [0, 0.05) is 11.4 Å². The fourth-order valence-electron chi connectivity index (χ4n) is 1.74. The molecule has 1 heterocycles. The van der Waals surface area contributed by atoms with E-state index >= 15 is 0 Å². The van der Waals surface area contributed by atoms with Gasteiger partial charge in [0.1, 0.15) is 0 Å². The SMILES string of the molecule is C1CC1.OC(Cl)(Cc1ccccc1Cl)CN1NCNC1=S. The van der Waals surface area contributed by atoms with E-state index in [-0.39, 0.29) is 13.0 Å². The number of hydrogen-bond donors (Lipinski definition) is 3. The van der Waals surface area contributed by atoms with E-state index in [0.717, 1.165) is 5.56 Å². The summed E-state index contributed by atoms with van der Waals surface area (Å²) in [5, 5.41) is 14.4. The summed E-state index contributed by atoms with van der Waals surface area (Å²) in [4.78, 5) is 0. The van der Waals surface area contributed by atoms with Crippen molar-refractivity contribution in [1.82, 2.24) is 15.8 Å². The number of β-amino-alcohol motifs (C(OH)–C–C–N with tert-alkyl or cyclic N) is 1. The molecule has 2 fully saturated rings. The number of nitrogens with zero attached hydrogens (tertiary/aromatic N) is 1. The van der Waals surface area contributed by atoms with Crippen molar-refractivity contribution in [3.05, 3.63) is 34.9 Å². The van der Waals surface area contributed by atoms with Gasteiger partial charge >= 0.3 is 0 Å². The predicted octanol–water partition coefficient (Wildman–Crippen LogP) is 2.63. The molecule has 21 heavy (non-hydrogen) atoms. The quantitative estimate of drug-likeness (QED) is 0.577. The van der Waals surface area contributed by atoms with E-state index in [0.29, 0.717) is 16.8 Å². The lowest BCUT2D eigenvalue weighted by atomic mass is 10.1. The Morgan fingerprint density at radius 2 is 1.95 bits per heavy atom. The van der Waals surface area contributed by atoms with Gasteiger partial charge in [0.05, 0.1) is 13.2 Å². The van der Waals surface area contributed by atoms with Crippen molar-refractivity contribution in [1.29, 1.82) is 0 Å². The highest BCUT2D eigenvalue weighted by Gasteiger charge is 2.30. The van der Waals surface area contributed by atoms with E-state index in [1.807, 2.05) is 18.2 Å². The van der Waals surface area contributed by atoms with Crippen LogP contribution in [0.15, 0.2) is 24.3 Å². The van der Waals surface area contributed by atoms with Gasteiger partial charge in [0.25, 0.3) is 0 Å². The molecule has 7 heteroatoms. The van der Waals surface area contributed by atoms with Crippen molar-refractivity contribution < 1.29 is 5.11 Å². The van der Waals surface area contributed by atoms with Crippen LogP contribution in [0.3, 0.4) is 0 Å². The van der Waals surface area contributed by atoms with Gasteiger partial charge in [-0.3, -0.25) is 5.01 Å². The van der Waals surface area contributed by atoms with E-state index in [1.54, 1.807) is 11.1 Å². The van der Waals surface area contributed by atoms with Crippen molar-refractivity contribution in [2.75, 3.05) is 13.2 Å². The third-order valence-electron chi connectivity index (χ3n) is 2.93. The van der Waals surface area contributed by atoms with Gasteiger partial charge in [-0.05, 0) is 23.8 Å². The maximum Gasteiger partial charge on any atom is 0.184 e. The van der Waals surface area contributed by atoms with Crippen LogP contribution >= 0.6 is 35.4 Å². The van der Waals surface area contributed by atoms with Crippen LogP contribution in [0.1, 0.15) is 24.8 Å². The molecule has 0 bridgehead atoms. The van der Waals surface area contributed by atoms with Crippen LogP contribution < -0.4 is 10.7 Å². The Hall–Kier alpha value is -0.590. The predicted molar refractivity (Wildman–Crippen MR) is 90.3 cm³/mol. The van der Waals surface area contributed by atoms with Crippen LogP contribution in [0, 0.1) is 0 Å². The average molecular weight is 348 g/mol. The molecule has 1 aliphatic carbocycles. The van der Waals surface area contributed by atoms with E-state index in [1.165, 1.54) is 19.3 Å². The molecule has 1 unspecified atom stereocenters. The van der Waals surface area contributed by atoms with Gasteiger partial charge in [0.2, 0.25) is 0 Å². The molecule has 0 aromatic heterocycles. The Morgan fingerprint density at radius 3 is 2.48 bits per heavy atom. The van der Waals surface area contributed by atoms with Crippen molar-refractivity contribution in [2.45, 2.75) is 30.7 Å². The number of benzene rings is 1. The Labute approximate surface area is 140 Å². The molecule has 1 aromatic rings. The summed E-state index contributed by atoms with van der Waals surface area (Å²) < 4.78 is 0. The number of halogens is 2. The maximum atomic E-state index is 10.2. The molecule has 116 valence electrons. The van der Waals surface area contributed by atoms with Crippen molar-refractivity contribution in [3.63, 3.8) is 0 Å². The molecular weight excluding hydrogens is 329 g/mol. The Kier molecular flexibility index (Phi) is 6.08. The summed E-state index contributed by atoms with van der Waals surface area (Å²) in [7, 11) is 0. The minimum Gasteiger partial charge on any atom is -0.373 e. The molecule has 0 amide bonds. The summed E-state index contributed by atoms with van der Waals surface area (Å²) in [5.41, 5.74) is 3.77. The third-order valence-corrected chi connectivity index (χ3v) is 3.91. The van der Waals surface area contributed by atoms with E-state index < -0.39 is 5.06 Å². The topological polar surface area (TPSA) is 47.5 Å². The van der Waals surface area contributed by atoms with Gasteiger partial charge in [0.15, 0.2) is 10.2 Å². The van der Waals surface area contributed by atoms with E-state index in [2.05, 4.69) is 10.7 Å². The number of rotatable bonds is 4. The van der Waals surface area contributed by atoms with Crippen LogP contribution in [0.25, 0.3) is 0 Å². The van der Waals surface area contributed by atoms with Crippen LogP contribution in [0.2, 0.25) is 5.02 Å². The van der Waals surface area contributed by atoms with E-state index in [4.69, 9.17) is 35.4 Å². The first-order valence-corrected chi connectivity index (χ1v) is 8.08. The Morgan fingerprint density at radius 1 is 1.29 bits per heavy atom. The molecule has 1 aromatic carbocycles. The molecule has 3 N–H and O–H groups in total. The molecule has 1 saturated heterocycles. The molecule has 1 atom stereocenters. The monoisotopic (exact) mass is 347 g/mol. The van der Waals surface area contributed by atoms with Gasteiger partial charge in [-0.2, -0.15) is 0 Å². The fraction of sp³-hybridized carbons (Fsp3) is 0.500. The highest BCUT2D eigenvalue weighted by Crippen LogP contribution is 2.24. The molecule has 2 aliphatic rings. The van der Waals surface area contributed by atoms with Crippen molar-refractivity contribution >= 4 is 40.5 Å². The van der Waals surface area contributed by atoms with Crippen LogP contribution in [-0.2, 0) is 6.42 Å². The zero-order valence-electron chi connectivity index (χ0n) is 11.6. The van der Waals surface area contributed by atoms with Gasteiger partial charge < -0.3 is 10.4 Å². The molecular formula is C14H19Cl2N3OS. The lowest BCUT2D eigenvalue weighted by molar-refractivity contribution is 0.0915. The molecule has 0 radical (unpaired) electrons. The summed E-state index contributed by atoms with van der Waals surface area (Å²) in [6.45, 7) is 0.712. The first kappa shape index (κ1) is 16.8. The lowest BCUT2D eigenvalue weighted by Crippen LogP contribution is -2.45. The largest absolute Gasteiger partial charge is 0.373 e. The first-order chi connectivity index (χ1) is 9.98. The number of thiocarbonyl (C=S) groups is 1. The molecule has 0 spiro atoms. The van der Waals surface area contributed by atoms with Crippen LogP contribution in [-0.4, -0.2) is 33.5 Å². The Balaban J connectivity index is 0.000000477. The zero-order chi connectivity index (χ0) is 15.3. The molecule has 3 rings (SSSR count). The fourth-order valence-corrected chi connectivity index (χ4v) is 2.40. The van der Waals surface area contributed by atoms with Gasteiger partial charge in [-0.25, -0.2) is 5.43 Å². The number of alkyl halides is 1. The van der Waals surface area contributed by atoms with Crippen LogP contribution in [0.5, 0.6) is 0 Å². The standard InChI is InChI=1S/C11H13Cl2N3OS.C3H6/c12-9-4-2-1-3-8(9)5-11(13,17)6-16-10(18)14-7-15-16;1-2-3-1/h1-4,15,17H,5-7H2,(H,14,18);1-3H2. The zero-order valence-corrected chi connectivity index (χ0v) is 13.9. The van der Waals surface area contributed by atoms with Crippen molar-refractivity contribution in [3.8, 4) is 0 Å². The number of hydrazine groups is 1. The Bertz CT molecular complexity index is 494. The average Bonchev–Trinajstić information content (AvgIpc) is 3.24. The number of hydrogen-bond acceptors (Lipinski definition) is 3. The van der Waals surface area contributed by atoms with Gasteiger partial charge in [-0.1, -0.05) is 60.7 Å². The minimum absolute atomic E-state index is 0.172. The molecule has 1 aliphatic heterocycles. The highest BCUT2D eigenvalue weighted by molar-refractivity contribution is 7.80. The number of nitrogens with one attached hydrogen (secondary N) is 2. The van der Waals surface area contributed by atoms with E-state index in [9.17, 15) is 5.11 Å². The highest BCUT2D eigenvalue weighted by atomic mass is 35.5. The first-order valence-electron chi connectivity index (χ1n) is 6.91. The smallest absolute Gasteiger partial charge is 0.184 e. The van der Waals surface area contributed by atoms with Gasteiger partial charge in [-0.15, -0.1) is 0 Å². The second-order valence-electron chi connectivity index (χ2n) is 5.15. The van der Waals surface area contributed by atoms with Crippen LogP contribution in [0.4, 0.5) is 0 Å². The lowest BCUT2D eigenvalue weighted by Gasteiger charge is -2.27. The molecule has 1 saturated carbocycles. The second kappa shape index (κ2) is 7.61. The maximum absolute atomic E-state index is 10.2. The third kappa shape index (κ3) is 5.96. The second-order valence-corrected chi connectivity index (χ2v) is 6.65. The summed E-state index contributed by atoms with van der Waals surface area (Å²) in [6, 6.07) is 7.29. The van der Waals surface area contributed by atoms with Crippen molar-refractivity contribution in [2.24, 2.45) is 0 Å². The minimum atomic E-state index is -1.44. The summed E-state index contributed by atoms with van der Waals surface area (Å²) >= 11 is 17.2. The molecule has 4 nitrogen and oxygen atoms in total. The summed E-state index contributed by atoms with van der Waals surface area (Å²) in [6.07, 6.45) is 4.75. The normalized spacial score (nSPS) is 19.4.